The normalized spacial score (nSPS) is 10.3. The van der Waals surface area contributed by atoms with E-state index >= 15 is 0 Å². The van der Waals surface area contributed by atoms with Crippen molar-refractivity contribution in [3.8, 4) is 0 Å². The lowest BCUT2D eigenvalue weighted by molar-refractivity contribution is 0.485. The van der Waals surface area contributed by atoms with E-state index in [4.69, 9.17) is 12.2 Å². The van der Waals surface area contributed by atoms with Gasteiger partial charge in [0, 0.05) is 18.0 Å². The third kappa shape index (κ3) is 3.64. The minimum atomic E-state index is 0.397. The number of rotatable bonds is 3. The molecule has 1 aromatic rings. The molecular weight excluding hydrogens is 212 g/mol. The van der Waals surface area contributed by atoms with Gasteiger partial charge in [-0.15, -0.1) is 11.3 Å². The van der Waals surface area contributed by atoms with Crippen LogP contribution < -0.4 is 5.32 Å². The third-order valence-electron chi connectivity index (χ3n) is 1.73. The topological polar surface area (TPSA) is 15.3 Å². The van der Waals surface area contributed by atoms with Gasteiger partial charge in [-0.25, -0.2) is 0 Å². The van der Waals surface area contributed by atoms with Crippen LogP contribution in [0, 0.1) is 0 Å². The standard InChI is InChI=1S/C10H16N2S2/c1-8(2)11-10(13)12(3)7-9-5-4-6-14-9/h4-6,8H,7H2,1-3H3,(H,11,13). The molecule has 0 radical (unpaired) electrons. The predicted molar refractivity (Wildman–Crippen MR) is 66.7 cm³/mol. The lowest BCUT2D eigenvalue weighted by Crippen LogP contribution is -2.39. The molecule has 0 saturated carbocycles. The molecule has 0 fully saturated rings. The van der Waals surface area contributed by atoms with Crippen molar-refractivity contribution in [1.82, 2.24) is 10.2 Å². The van der Waals surface area contributed by atoms with Gasteiger partial charge >= 0.3 is 0 Å². The smallest absolute Gasteiger partial charge is 0.169 e. The summed E-state index contributed by atoms with van der Waals surface area (Å²) in [5.74, 6) is 0. The summed E-state index contributed by atoms with van der Waals surface area (Å²) < 4.78 is 0. The average Bonchev–Trinajstić information content (AvgIpc) is 2.55. The van der Waals surface area contributed by atoms with E-state index in [0.717, 1.165) is 11.7 Å². The van der Waals surface area contributed by atoms with Crippen molar-refractivity contribution in [1.29, 1.82) is 0 Å². The highest BCUT2D eigenvalue weighted by molar-refractivity contribution is 7.80. The van der Waals surface area contributed by atoms with Gasteiger partial charge in [0.05, 0.1) is 6.54 Å². The van der Waals surface area contributed by atoms with Gasteiger partial charge in [-0.05, 0) is 37.5 Å². The predicted octanol–water partition coefficient (Wildman–Crippen LogP) is 2.46. The van der Waals surface area contributed by atoms with Crippen LogP contribution in [0.4, 0.5) is 0 Å². The maximum atomic E-state index is 5.25. The summed E-state index contributed by atoms with van der Waals surface area (Å²) in [6.45, 7) is 5.06. The van der Waals surface area contributed by atoms with Gasteiger partial charge in [0.25, 0.3) is 0 Å². The highest BCUT2D eigenvalue weighted by Gasteiger charge is 2.06. The summed E-state index contributed by atoms with van der Waals surface area (Å²) in [6, 6.07) is 4.58. The van der Waals surface area contributed by atoms with Gasteiger partial charge in [0.2, 0.25) is 0 Å². The highest BCUT2D eigenvalue weighted by atomic mass is 32.1. The van der Waals surface area contributed by atoms with Crippen LogP contribution in [0.3, 0.4) is 0 Å². The first-order chi connectivity index (χ1) is 6.59. The van der Waals surface area contributed by atoms with Gasteiger partial charge in [0.1, 0.15) is 0 Å². The largest absolute Gasteiger partial charge is 0.360 e. The Morgan fingerprint density at radius 3 is 2.86 bits per heavy atom. The summed E-state index contributed by atoms with van der Waals surface area (Å²) in [4.78, 5) is 3.39. The van der Waals surface area contributed by atoms with Crippen LogP contribution in [-0.4, -0.2) is 23.1 Å². The SMILES string of the molecule is CC(C)NC(=S)N(C)Cc1cccs1. The van der Waals surface area contributed by atoms with Crippen LogP contribution in [0.1, 0.15) is 18.7 Å². The summed E-state index contributed by atoms with van der Waals surface area (Å²) in [6.07, 6.45) is 0. The fraction of sp³-hybridized carbons (Fsp3) is 0.500. The van der Waals surface area contributed by atoms with Crippen LogP contribution in [0.25, 0.3) is 0 Å². The first-order valence-corrected chi connectivity index (χ1v) is 5.92. The molecular formula is C10H16N2S2. The molecule has 0 spiro atoms. The van der Waals surface area contributed by atoms with Crippen molar-refractivity contribution in [3.05, 3.63) is 22.4 Å². The summed E-state index contributed by atoms with van der Waals surface area (Å²) in [5, 5.41) is 6.12. The minimum Gasteiger partial charge on any atom is -0.360 e. The van der Waals surface area contributed by atoms with Crippen LogP contribution in [0.15, 0.2) is 17.5 Å². The summed E-state index contributed by atoms with van der Waals surface area (Å²) in [5.41, 5.74) is 0. The minimum absolute atomic E-state index is 0.397. The van der Waals surface area contributed by atoms with Gasteiger partial charge in [-0.1, -0.05) is 6.07 Å². The number of thiocarbonyl (C=S) groups is 1. The van der Waals surface area contributed by atoms with Gasteiger partial charge in [0.15, 0.2) is 5.11 Å². The lowest BCUT2D eigenvalue weighted by Gasteiger charge is -2.22. The van der Waals surface area contributed by atoms with E-state index in [9.17, 15) is 0 Å². The van der Waals surface area contributed by atoms with E-state index in [1.807, 2.05) is 7.05 Å². The van der Waals surface area contributed by atoms with Crippen molar-refractivity contribution in [2.45, 2.75) is 26.4 Å². The number of nitrogens with zero attached hydrogens (tertiary/aromatic N) is 1. The molecule has 0 bridgehead atoms. The molecule has 1 heterocycles. The third-order valence-corrected chi connectivity index (χ3v) is 3.02. The van der Waals surface area contributed by atoms with Crippen LogP contribution in [0.2, 0.25) is 0 Å². The Kier molecular flexibility index (Phi) is 4.35. The Labute approximate surface area is 94.9 Å². The maximum absolute atomic E-state index is 5.25. The van der Waals surface area contributed by atoms with Crippen molar-refractivity contribution in [3.63, 3.8) is 0 Å². The lowest BCUT2D eigenvalue weighted by atomic mass is 10.4. The molecule has 0 aliphatic carbocycles. The van der Waals surface area contributed by atoms with E-state index in [1.165, 1.54) is 4.88 Å². The van der Waals surface area contributed by atoms with Crippen LogP contribution >= 0.6 is 23.6 Å². The second kappa shape index (κ2) is 5.32. The molecule has 0 amide bonds. The first kappa shape index (κ1) is 11.5. The van der Waals surface area contributed by atoms with Crippen molar-refractivity contribution in [2.75, 3.05) is 7.05 Å². The quantitative estimate of drug-likeness (QED) is 0.800. The van der Waals surface area contributed by atoms with Crippen molar-refractivity contribution < 1.29 is 0 Å². The molecule has 0 aromatic carbocycles. The Balaban J connectivity index is 2.42. The first-order valence-electron chi connectivity index (χ1n) is 4.63. The molecule has 0 atom stereocenters. The Hall–Kier alpha value is -0.610. The van der Waals surface area contributed by atoms with Crippen LogP contribution in [0.5, 0.6) is 0 Å². The van der Waals surface area contributed by atoms with E-state index in [2.05, 4.69) is 41.6 Å². The fourth-order valence-corrected chi connectivity index (χ4v) is 2.12. The zero-order valence-electron chi connectivity index (χ0n) is 8.78. The Bertz CT molecular complexity index is 280. The summed E-state index contributed by atoms with van der Waals surface area (Å²) >= 11 is 7.00. The van der Waals surface area contributed by atoms with Crippen LogP contribution in [-0.2, 0) is 6.54 Å². The molecule has 1 aromatic heterocycles. The van der Waals surface area contributed by atoms with Crippen molar-refractivity contribution in [2.24, 2.45) is 0 Å². The Morgan fingerprint density at radius 2 is 2.36 bits per heavy atom. The zero-order valence-corrected chi connectivity index (χ0v) is 10.4. The van der Waals surface area contributed by atoms with Crippen molar-refractivity contribution >= 4 is 28.7 Å². The molecule has 1 N–H and O–H groups in total. The zero-order chi connectivity index (χ0) is 10.6. The van der Waals surface area contributed by atoms with E-state index < -0.39 is 0 Å². The van der Waals surface area contributed by atoms with Gasteiger partial charge in [-0.2, -0.15) is 0 Å². The number of hydrogen-bond acceptors (Lipinski definition) is 2. The molecule has 2 nitrogen and oxygen atoms in total. The maximum Gasteiger partial charge on any atom is 0.169 e. The second-order valence-corrected chi connectivity index (χ2v) is 4.96. The fourth-order valence-electron chi connectivity index (χ4n) is 1.07. The Morgan fingerprint density at radius 1 is 1.64 bits per heavy atom. The van der Waals surface area contributed by atoms with E-state index in [-0.39, 0.29) is 0 Å². The highest BCUT2D eigenvalue weighted by Crippen LogP contribution is 2.10. The average molecular weight is 228 g/mol. The van der Waals surface area contributed by atoms with E-state index in [1.54, 1.807) is 11.3 Å². The number of nitrogens with one attached hydrogen (secondary N) is 1. The molecule has 0 aliphatic heterocycles. The summed E-state index contributed by atoms with van der Waals surface area (Å²) in [7, 11) is 2.01. The van der Waals surface area contributed by atoms with E-state index in [0.29, 0.717) is 6.04 Å². The molecule has 0 unspecified atom stereocenters. The second-order valence-electron chi connectivity index (χ2n) is 3.54. The molecule has 1 rings (SSSR count). The molecule has 14 heavy (non-hydrogen) atoms. The molecule has 0 saturated heterocycles. The monoisotopic (exact) mass is 228 g/mol. The number of hydrogen-bond donors (Lipinski definition) is 1. The molecule has 78 valence electrons. The van der Waals surface area contributed by atoms with Gasteiger partial charge < -0.3 is 10.2 Å². The van der Waals surface area contributed by atoms with Gasteiger partial charge in [-0.3, -0.25) is 0 Å². The number of thiophene rings is 1. The molecule has 0 aliphatic rings. The molecule has 4 heteroatoms.